The molecule has 1 aliphatic carbocycles. The van der Waals surface area contributed by atoms with Crippen molar-refractivity contribution in [2.75, 3.05) is 0 Å². The molecule has 7 heteroatoms. The molecule has 0 bridgehead atoms. The van der Waals surface area contributed by atoms with E-state index in [4.69, 9.17) is 5.26 Å². The molecule has 0 heterocycles. The first-order valence-corrected chi connectivity index (χ1v) is 4.91. The number of allylic oxidation sites excluding steroid dienone is 4. The van der Waals surface area contributed by atoms with E-state index in [1.807, 2.05) is 0 Å². The van der Waals surface area contributed by atoms with Crippen LogP contribution in [0.5, 0.6) is 0 Å². The summed E-state index contributed by atoms with van der Waals surface area (Å²) in [5.41, 5.74) is 0. The Morgan fingerprint density at radius 2 is 1.29 bits per heavy atom. The first kappa shape index (κ1) is 21.6. The second-order valence-electron chi connectivity index (χ2n) is 2.86. The van der Waals surface area contributed by atoms with Crippen LogP contribution in [0.2, 0.25) is 0 Å². The monoisotopic (exact) mass is 340 g/mol. The summed E-state index contributed by atoms with van der Waals surface area (Å²) in [5.74, 6) is 0. The van der Waals surface area contributed by atoms with Crippen molar-refractivity contribution in [2.24, 2.45) is 0 Å². The van der Waals surface area contributed by atoms with Crippen LogP contribution in [0, 0.1) is 11.3 Å². The third kappa shape index (κ3) is 50.6. The summed E-state index contributed by atoms with van der Waals surface area (Å²) in [6.07, 6.45) is 14.0. The second kappa shape index (κ2) is 15.4. The van der Waals surface area contributed by atoms with Crippen LogP contribution >= 0.6 is 0 Å². The van der Waals surface area contributed by atoms with E-state index in [0.717, 1.165) is 0 Å². The topological polar surface area (TPSA) is 23.8 Å². The zero-order valence-electron chi connectivity index (χ0n) is 10.5. The predicted molar refractivity (Wildman–Crippen MR) is 59.3 cm³/mol. The van der Waals surface area contributed by atoms with Gasteiger partial charge in [-0.15, -0.1) is 0 Å². The Labute approximate surface area is 114 Å². The van der Waals surface area contributed by atoms with Crippen LogP contribution < -0.4 is 0 Å². The van der Waals surface area contributed by atoms with E-state index in [9.17, 15) is 17.3 Å². The molecule has 0 amide bonds. The van der Waals surface area contributed by atoms with Crippen molar-refractivity contribution in [3.8, 4) is 6.07 Å². The molecule has 1 radical (unpaired) electrons. The fourth-order valence-corrected chi connectivity index (χ4v) is 0.874. The zero-order chi connectivity index (χ0) is 12.9. The van der Waals surface area contributed by atoms with Gasteiger partial charge in [-0.25, -0.2) is 0 Å². The van der Waals surface area contributed by atoms with E-state index < -0.39 is 7.25 Å². The summed E-state index contributed by atoms with van der Waals surface area (Å²) < 4.78 is 39.0. The Balaban J connectivity index is -0.0000000869. The molecular weight excluding hydrogens is 324 g/mol. The molecule has 1 nitrogen and oxygen atoms in total. The number of hydrogen-bond donors (Lipinski definition) is 0. The van der Waals surface area contributed by atoms with E-state index in [0.29, 0.717) is 0 Å². The summed E-state index contributed by atoms with van der Waals surface area (Å²) in [6.45, 7) is 1.43. The van der Waals surface area contributed by atoms with E-state index in [2.05, 4.69) is 24.3 Å². The molecule has 1 rings (SSSR count). The molecule has 0 aliphatic heterocycles. The molecule has 0 atom stereocenters. The summed E-state index contributed by atoms with van der Waals surface area (Å²) in [4.78, 5) is 0. The predicted octanol–water partition coefficient (Wildman–Crippen LogP) is 4.61. The Bertz CT molecular complexity index is 231. The van der Waals surface area contributed by atoms with Crippen molar-refractivity contribution in [1.29, 1.82) is 5.26 Å². The molecule has 0 aromatic carbocycles. The van der Waals surface area contributed by atoms with Gasteiger partial charge in [0.25, 0.3) is 0 Å². The SMILES string of the molecule is C1=CCCCCC=C1.CC#N.F[B-](F)(F)F.[H+].[Rh]. The molecule has 1 aliphatic rings. The van der Waals surface area contributed by atoms with Gasteiger partial charge in [0, 0.05) is 26.4 Å². The third-order valence-electron chi connectivity index (χ3n) is 1.37. The number of nitriles is 1. The van der Waals surface area contributed by atoms with Crippen LogP contribution in [0.25, 0.3) is 0 Å². The maximum Gasteiger partial charge on any atom is 1.00 e. The normalized spacial score (nSPS) is 13.4. The summed E-state index contributed by atoms with van der Waals surface area (Å²) in [6, 6.07) is 1.75. The molecule has 0 N–H and O–H groups in total. The average molecular weight is 340 g/mol. The molecular formula is C10H16BF4NRh. The first-order valence-electron chi connectivity index (χ1n) is 4.91. The summed E-state index contributed by atoms with van der Waals surface area (Å²) >= 11 is 0. The number of halogens is 4. The van der Waals surface area contributed by atoms with Crippen LogP contribution in [0.3, 0.4) is 0 Å². The standard InChI is InChI=1S/C8H12.C2H3N.BF4.Rh/c1-2-4-6-8-7-5-3-1;1-2-3;2-1(3,4)5;/h1-4H,5-8H2;1H3;;/q;;-1;/p+1. The van der Waals surface area contributed by atoms with Crippen molar-refractivity contribution in [1.82, 2.24) is 0 Å². The van der Waals surface area contributed by atoms with Gasteiger partial charge in [0.2, 0.25) is 0 Å². The van der Waals surface area contributed by atoms with Crippen molar-refractivity contribution in [3.05, 3.63) is 24.3 Å². The van der Waals surface area contributed by atoms with Gasteiger partial charge in [-0.1, -0.05) is 24.3 Å². The van der Waals surface area contributed by atoms with Crippen LogP contribution in [-0.4, -0.2) is 7.25 Å². The van der Waals surface area contributed by atoms with Gasteiger partial charge < -0.3 is 17.3 Å². The fraction of sp³-hybridized carbons (Fsp3) is 0.500. The van der Waals surface area contributed by atoms with Crippen molar-refractivity contribution in [2.45, 2.75) is 32.6 Å². The Morgan fingerprint density at radius 1 is 1.06 bits per heavy atom. The number of hydrogen-bond acceptors (Lipinski definition) is 1. The van der Waals surface area contributed by atoms with Crippen LogP contribution in [0.15, 0.2) is 24.3 Å². The molecule has 0 aromatic heterocycles. The van der Waals surface area contributed by atoms with E-state index >= 15 is 0 Å². The molecule has 0 spiro atoms. The summed E-state index contributed by atoms with van der Waals surface area (Å²) in [5, 5.41) is 7.32. The van der Waals surface area contributed by atoms with Gasteiger partial charge >= 0.3 is 8.68 Å². The van der Waals surface area contributed by atoms with Gasteiger partial charge in [0.15, 0.2) is 0 Å². The van der Waals surface area contributed by atoms with Gasteiger partial charge in [0.05, 0.1) is 6.07 Å². The van der Waals surface area contributed by atoms with Gasteiger partial charge in [-0.3, -0.25) is 0 Å². The quantitative estimate of drug-likeness (QED) is 0.467. The van der Waals surface area contributed by atoms with Crippen LogP contribution in [0.1, 0.15) is 34.0 Å². The van der Waals surface area contributed by atoms with Crippen molar-refractivity contribution in [3.63, 3.8) is 0 Å². The van der Waals surface area contributed by atoms with Gasteiger partial charge in [-0.05, 0) is 25.7 Å². The van der Waals surface area contributed by atoms with Gasteiger partial charge in [0.1, 0.15) is 0 Å². The van der Waals surface area contributed by atoms with E-state index in [1.165, 1.54) is 32.6 Å². The molecule has 0 saturated carbocycles. The van der Waals surface area contributed by atoms with E-state index in [1.54, 1.807) is 6.07 Å². The minimum atomic E-state index is -6.00. The minimum absolute atomic E-state index is 0. The first-order chi connectivity index (χ1) is 7.41. The third-order valence-corrected chi connectivity index (χ3v) is 1.37. The largest absolute Gasteiger partial charge is 1.00 e. The minimum Gasteiger partial charge on any atom is -0.418 e. The van der Waals surface area contributed by atoms with Crippen LogP contribution in [-0.2, 0) is 19.5 Å². The number of rotatable bonds is 0. The fourth-order valence-electron chi connectivity index (χ4n) is 0.874. The summed E-state index contributed by atoms with van der Waals surface area (Å²) in [7, 11) is -6.00. The molecule has 101 valence electrons. The Hall–Kier alpha value is -0.622. The maximum absolute atomic E-state index is 9.75. The number of nitrogens with zero attached hydrogens (tertiary/aromatic N) is 1. The van der Waals surface area contributed by atoms with Crippen LogP contribution in [0.4, 0.5) is 17.3 Å². The smallest absolute Gasteiger partial charge is 0.418 e. The molecule has 0 fully saturated rings. The Morgan fingerprint density at radius 3 is 1.53 bits per heavy atom. The zero-order valence-corrected chi connectivity index (χ0v) is 11.1. The van der Waals surface area contributed by atoms with Gasteiger partial charge in [-0.2, -0.15) is 5.26 Å². The molecule has 17 heavy (non-hydrogen) atoms. The second-order valence-corrected chi connectivity index (χ2v) is 2.86. The maximum atomic E-state index is 9.75. The average Bonchev–Trinajstić information content (AvgIpc) is 1.99. The van der Waals surface area contributed by atoms with Crippen molar-refractivity contribution < 1.29 is 38.2 Å². The van der Waals surface area contributed by atoms with E-state index in [-0.39, 0.29) is 20.9 Å². The van der Waals surface area contributed by atoms with Crippen molar-refractivity contribution >= 4 is 7.25 Å². The Kier molecular flexibility index (Phi) is 19.6. The molecule has 0 saturated heterocycles. The molecule has 0 unspecified atom stereocenters. The molecule has 0 aromatic rings.